The molecule has 2 fully saturated rings. The Morgan fingerprint density at radius 1 is 1.12 bits per heavy atom. The van der Waals surface area contributed by atoms with Gasteiger partial charge in [0.2, 0.25) is 5.91 Å². The highest BCUT2D eigenvalue weighted by Crippen LogP contribution is 2.35. The lowest BCUT2D eigenvalue weighted by molar-refractivity contribution is -0.137. The van der Waals surface area contributed by atoms with E-state index in [1.54, 1.807) is 0 Å². The number of hydrogen-bond acceptors (Lipinski definition) is 1. The minimum absolute atomic E-state index is 0.395. The summed E-state index contributed by atoms with van der Waals surface area (Å²) in [7, 11) is 0. The minimum Gasteiger partial charge on any atom is -0.361 e. The molecule has 3 nitrogen and oxygen atoms in total. The number of carbonyl (C=O) groups is 1. The largest absolute Gasteiger partial charge is 0.361 e. The van der Waals surface area contributed by atoms with E-state index in [0.717, 1.165) is 25.3 Å². The number of piperidine rings is 1. The molecule has 0 bridgehead atoms. The summed E-state index contributed by atoms with van der Waals surface area (Å²) in [6, 6.07) is 8.97. The van der Waals surface area contributed by atoms with Crippen LogP contribution >= 0.6 is 0 Å². The molecule has 1 aromatic carbocycles. The molecule has 24 heavy (non-hydrogen) atoms. The third-order valence-corrected chi connectivity index (χ3v) is 6.08. The molecular weight excluding hydrogens is 296 g/mol. The van der Waals surface area contributed by atoms with Crippen LogP contribution in [0.1, 0.15) is 56.9 Å². The molecule has 1 aliphatic carbocycles. The zero-order valence-corrected chi connectivity index (χ0v) is 14.5. The second-order valence-electron chi connectivity index (χ2n) is 7.55. The maximum atomic E-state index is 12.8. The quantitative estimate of drug-likeness (QED) is 0.871. The SMILES string of the molecule is O=C(CCCc1c[nH]c2ccccc12)N1CCCC2CCCCC21. The number of fused-ring (bicyclic) bond motifs is 2. The first-order valence-corrected chi connectivity index (χ1v) is 9.67. The van der Waals surface area contributed by atoms with Gasteiger partial charge in [-0.05, 0) is 56.1 Å². The van der Waals surface area contributed by atoms with Crippen molar-refractivity contribution in [3.63, 3.8) is 0 Å². The number of nitrogens with one attached hydrogen (secondary N) is 1. The van der Waals surface area contributed by atoms with Crippen LogP contribution in [0.25, 0.3) is 10.9 Å². The molecule has 0 radical (unpaired) electrons. The van der Waals surface area contributed by atoms with Crippen LogP contribution < -0.4 is 0 Å². The molecule has 1 aliphatic heterocycles. The molecule has 1 saturated carbocycles. The number of carbonyl (C=O) groups excluding carboxylic acids is 1. The molecule has 2 aliphatic rings. The Kier molecular flexibility index (Phi) is 4.59. The van der Waals surface area contributed by atoms with Crippen LogP contribution in [-0.2, 0) is 11.2 Å². The normalized spacial score (nSPS) is 24.1. The molecule has 2 atom stereocenters. The van der Waals surface area contributed by atoms with Crippen LogP contribution in [0.2, 0.25) is 0 Å². The monoisotopic (exact) mass is 324 g/mol. The fourth-order valence-corrected chi connectivity index (χ4v) is 4.85. The molecule has 128 valence electrons. The average molecular weight is 324 g/mol. The molecule has 2 heterocycles. The van der Waals surface area contributed by atoms with Gasteiger partial charge in [0.15, 0.2) is 0 Å². The van der Waals surface area contributed by atoms with Gasteiger partial charge in [-0.15, -0.1) is 0 Å². The van der Waals surface area contributed by atoms with E-state index in [0.29, 0.717) is 18.4 Å². The third-order valence-electron chi connectivity index (χ3n) is 6.08. The van der Waals surface area contributed by atoms with E-state index in [-0.39, 0.29) is 0 Å². The van der Waals surface area contributed by atoms with E-state index in [2.05, 4.69) is 40.3 Å². The van der Waals surface area contributed by atoms with Crippen LogP contribution in [0, 0.1) is 5.92 Å². The summed E-state index contributed by atoms with van der Waals surface area (Å²) in [5.74, 6) is 1.18. The van der Waals surface area contributed by atoms with Crippen LogP contribution in [0.4, 0.5) is 0 Å². The van der Waals surface area contributed by atoms with Gasteiger partial charge in [-0.2, -0.15) is 0 Å². The Bertz CT molecular complexity index is 703. The van der Waals surface area contributed by atoms with E-state index in [1.807, 2.05) is 0 Å². The first kappa shape index (κ1) is 15.7. The lowest BCUT2D eigenvalue weighted by Crippen LogP contribution is -2.49. The van der Waals surface area contributed by atoms with E-state index in [9.17, 15) is 4.79 Å². The molecule has 1 saturated heterocycles. The number of nitrogens with zero attached hydrogens (tertiary/aromatic N) is 1. The summed E-state index contributed by atoms with van der Waals surface area (Å²) in [5.41, 5.74) is 2.53. The molecule has 1 N–H and O–H groups in total. The number of amides is 1. The molecular formula is C21H28N2O. The van der Waals surface area contributed by atoms with Crippen LogP contribution in [0.3, 0.4) is 0 Å². The molecule has 2 unspecified atom stereocenters. The highest BCUT2D eigenvalue weighted by atomic mass is 16.2. The highest BCUT2D eigenvalue weighted by molar-refractivity contribution is 5.83. The van der Waals surface area contributed by atoms with Gasteiger partial charge in [-0.1, -0.05) is 31.0 Å². The second kappa shape index (κ2) is 7.00. The van der Waals surface area contributed by atoms with Crippen LogP contribution in [0.5, 0.6) is 0 Å². The van der Waals surface area contributed by atoms with Crippen molar-refractivity contribution in [1.29, 1.82) is 0 Å². The maximum absolute atomic E-state index is 12.8. The third kappa shape index (κ3) is 3.09. The van der Waals surface area contributed by atoms with Gasteiger partial charge in [-0.3, -0.25) is 4.79 Å². The topological polar surface area (TPSA) is 36.1 Å². The molecule has 1 amide bonds. The lowest BCUT2D eigenvalue weighted by Gasteiger charge is -2.44. The number of aryl methyl sites for hydroxylation is 1. The zero-order chi connectivity index (χ0) is 16.4. The highest BCUT2D eigenvalue weighted by Gasteiger charge is 2.35. The number of rotatable bonds is 4. The minimum atomic E-state index is 0.395. The zero-order valence-electron chi connectivity index (χ0n) is 14.5. The van der Waals surface area contributed by atoms with Crippen molar-refractivity contribution in [2.24, 2.45) is 5.92 Å². The van der Waals surface area contributed by atoms with Crippen molar-refractivity contribution in [2.45, 2.75) is 63.8 Å². The molecule has 4 rings (SSSR count). The first-order chi connectivity index (χ1) is 11.8. The van der Waals surface area contributed by atoms with Crippen molar-refractivity contribution in [1.82, 2.24) is 9.88 Å². The number of H-pyrrole nitrogens is 1. The van der Waals surface area contributed by atoms with Crippen molar-refractivity contribution in [3.05, 3.63) is 36.0 Å². The van der Waals surface area contributed by atoms with E-state index < -0.39 is 0 Å². The van der Waals surface area contributed by atoms with Crippen molar-refractivity contribution < 1.29 is 4.79 Å². The Labute approximate surface area is 144 Å². The Hall–Kier alpha value is -1.77. The van der Waals surface area contributed by atoms with Gasteiger partial charge in [0.25, 0.3) is 0 Å². The van der Waals surface area contributed by atoms with E-state index in [1.165, 1.54) is 55.0 Å². The average Bonchev–Trinajstić information content (AvgIpc) is 3.04. The Balaban J connectivity index is 1.34. The predicted octanol–water partition coefficient (Wildman–Crippen LogP) is 4.67. The number of aromatic nitrogens is 1. The Morgan fingerprint density at radius 2 is 1.96 bits per heavy atom. The van der Waals surface area contributed by atoms with Crippen molar-refractivity contribution in [3.8, 4) is 0 Å². The number of para-hydroxylation sites is 1. The summed E-state index contributed by atoms with van der Waals surface area (Å²) in [6.07, 6.45) is 12.5. The summed E-state index contributed by atoms with van der Waals surface area (Å²) in [6.45, 7) is 0.993. The van der Waals surface area contributed by atoms with Gasteiger partial charge in [-0.25, -0.2) is 0 Å². The molecule has 0 spiro atoms. The summed E-state index contributed by atoms with van der Waals surface area (Å²) >= 11 is 0. The maximum Gasteiger partial charge on any atom is 0.222 e. The van der Waals surface area contributed by atoms with Gasteiger partial charge in [0.1, 0.15) is 0 Å². The van der Waals surface area contributed by atoms with Crippen LogP contribution in [-0.4, -0.2) is 28.4 Å². The lowest BCUT2D eigenvalue weighted by atomic mass is 9.78. The number of benzene rings is 1. The van der Waals surface area contributed by atoms with Gasteiger partial charge in [0, 0.05) is 36.1 Å². The smallest absolute Gasteiger partial charge is 0.222 e. The number of aromatic amines is 1. The van der Waals surface area contributed by atoms with E-state index in [4.69, 9.17) is 0 Å². The fourth-order valence-electron chi connectivity index (χ4n) is 4.85. The molecule has 1 aromatic heterocycles. The van der Waals surface area contributed by atoms with Crippen LogP contribution in [0.15, 0.2) is 30.5 Å². The van der Waals surface area contributed by atoms with Crippen molar-refractivity contribution >= 4 is 16.8 Å². The van der Waals surface area contributed by atoms with Gasteiger partial charge in [0.05, 0.1) is 0 Å². The first-order valence-electron chi connectivity index (χ1n) is 9.67. The number of likely N-dealkylation sites (tertiary alicyclic amines) is 1. The van der Waals surface area contributed by atoms with Gasteiger partial charge >= 0.3 is 0 Å². The fraction of sp³-hybridized carbons (Fsp3) is 0.571. The summed E-state index contributed by atoms with van der Waals surface area (Å²) in [4.78, 5) is 18.3. The number of hydrogen-bond donors (Lipinski definition) is 1. The second-order valence-corrected chi connectivity index (χ2v) is 7.55. The summed E-state index contributed by atoms with van der Waals surface area (Å²) < 4.78 is 0. The molecule has 2 aromatic rings. The van der Waals surface area contributed by atoms with Crippen molar-refractivity contribution in [2.75, 3.05) is 6.54 Å². The van der Waals surface area contributed by atoms with Gasteiger partial charge < -0.3 is 9.88 Å². The predicted molar refractivity (Wildman–Crippen MR) is 97.9 cm³/mol. The Morgan fingerprint density at radius 3 is 2.92 bits per heavy atom. The standard InChI is InChI=1S/C21H28N2O/c24-21(23-14-6-9-16-7-1-4-12-20(16)23)13-5-8-17-15-22-19-11-3-2-10-18(17)19/h2-3,10-11,15-16,20,22H,1,4-9,12-14H2. The molecule has 3 heteroatoms. The summed E-state index contributed by atoms with van der Waals surface area (Å²) in [5, 5.41) is 1.30. The van der Waals surface area contributed by atoms with E-state index >= 15 is 0 Å².